The van der Waals surface area contributed by atoms with E-state index in [-0.39, 0.29) is 17.3 Å². The molecular formula is C28H44O5. The lowest BCUT2D eigenvalue weighted by Crippen LogP contribution is -2.40. The Balaban J connectivity index is 1.81. The molecule has 3 rings (SSSR count). The molecule has 0 bridgehead atoms. The van der Waals surface area contributed by atoms with Gasteiger partial charge >= 0.3 is 5.97 Å². The van der Waals surface area contributed by atoms with Gasteiger partial charge in [0.1, 0.15) is 0 Å². The van der Waals surface area contributed by atoms with Crippen molar-refractivity contribution in [3.63, 3.8) is 0 Å². The molecule has 0 amide bonds. The first-order valence-corrected chi connectivity index (χ1v) is 12.8. The minimum atomic E-state index is -0.793. The third kappa shape index (κ3) is 5.47. The Kier molecular flexibility index (Phi) is 8.29. The van der Waals surface area contributed by atoms with Gasteiger partial charge in [-0.2, -0.15) is 0 Å². The maximum atomic E-state index is 12.2. The molecule has 0 heterocycles. The molecule has 5 heteroatoms. The van der Waals surface area contributed by atoms with Crippen molar-refractivity contribution < 1.29 is 25.2 Å². The van der Waals surface area contributed by atoms with E-state index in [4.69, 9.17) is 0 Å². The summed E-state index contributed by atoms with van der Waals surface area (Å²) in [5.74, 6) is -0.535. The van der Waals surface area contributed by atoms with Crippen LogP contribution in [0.3, 0.4) is 0 Å². The lowest BCUT2D eigenvalue weighted by Gasteiger charge is -2.45. The van der Waals surface area contributed by atoms with Crippen molar-refractivity contribution in [1.29, 1.82) is 0 Å². The maximum absolute atomic E-state index is 12.2. The van der Waals surface area contributed by atoms with Crippen molar-refractivity contribution in [2.75, 3.05) is 0 Å². The third-order valence-corrected chi connectivity index (χ3v) is 9.15. The Morgan fingerprint density at radius 2 is 1.91 bits per heavy atom. The zero-order chi connectivity index (χ0) is 24.5. The predicted molar refractivity (Wildman–Crippen MR) is 130 cm³/mol. The SMILES string of the molecule is C=C1/C(=C\C=C2CCC[C@@]3(C)C2CC[C@@H]3[C@H](C)C(CC(O)C(C)C)C(=O)O)C[C@@H](O)C[C@H]1O. The summed E-state index contributed by atoms with van der Waals surface area (Å²) in [6.45, 7) is 12.3. The van der Waals surface area contributed by atoms with E-state index in [2.05, 4.69) is 26.5 Å². The van der Waals surface area contributed by atoms with Crippen LogP contribution in [0.4, 0.5) is 0 Å². The molecule has 3 saturated carbocycles. The fourth-order valence-corrected chi connectivity index (χ4v) is 6.96. The fourth-order valence-electron chi connectivity index (χ4n) is 6.96. The smallest absolute Gasteiger partial charge is 0.306 e. The Morgan fingerprint density at radius 1 is 1.21 bits per heavy atom. The first kappa shape index (κ1) is 26.2. The van der Waals surface area contributed by atoms with Crippen LogP contribution < -0.4 is 0 Å². The van der Waals surface area contributed by atoms with Gasteiger partial charge in [0.25, 0.3) is 0 Å². The van der Waals surface area contributed by atoms with Crippen LogP contribution in [0.1, 0.15) is 79.1 Å². The third-order valence-electron chi connectivity index (χ3n) is 9.15. The number of carboxylic acid groups (broad SMARTS) is 1. The Labute approximate surface area is 199 Å². The number of carbonyl (C=O) groups is 1. The molecule has 0 spiro atoms. The normalized spacial score (nSPS) is 37.9. The van der Waals surface area contributed by atoms with Gasteiger partial charge in [-0.1, -0.05) is 52.0 Å². The molecule has 3 aliphatic carbocycles. The summed E-state index contributed by atoms with van der Waals surface area (Å²) < 4.78 is 0. The second-order valence-corrected chi connectivity index (χ2v) is 11.5. The average Bonchev–Trinajstić information content (AvgIpc) is 3.10. The molecule has 0 aromatic carbocycles. The van der Waals surface area contributed by atoms with Gasteiger partial charge in [0.2, 0.25) is 0 Å². The largest absolute Gasteiger partial charge is 0.481 e. The molecule has 5 nitrogen and oxygen atoms in total. The van der Waals surface area contributed by atoms with Crippen molar-refractivity contribution >= 4 is 5.97 Å². The highest BCUT2D eigenvalue weighted by atomic mass is 16.4. The molecule has 8 atom stereocenters. The monoisotopic (exact) mass is 460 g/mol. The van der Waals surface area contributed by atoms with Crippen LogP contribution in [0.25, 0.3) is 0 Å². The van der Waals surface area contributed by atoms with Gasteiger partial charge in [0, 0.05) is 6.42 Å². The molecule has 3 unspecified atom stereocenters. The Bertz CT molecular complexity index is 796. The van der Waals surface area contributed by atoms with E-state index in [1.165, 1.54) is 5.57 Å². The highest BCUT2D eigenvalue weighted by Crippen LogP contribution is 2.60. The number of fused-ring (bicyclic) bond motifs is 1. The number of allylic oxidation sites excluding steroid dienone is 3. The summed E-state index contributed by atoms with van der Waals surface area (Å²) in [7, 11) is 0. The van der Waals surface area contributed by atoms with E-state index in [0.717, 1.165) is 37.7 Å². The van der Waals surface area contributed by atoms with E-state index in [1.807, 2.05) is 19.9 Å². The van der Waals surface area contributed by atoms with Crippen molar-refractivity contribution in [2.24, 2.45) is 35.0 Å². The zero-order valence-corrected chi connectivity index (χ0v) is 20.8. The number of carboxylic acids is 1. The van der Waals surface area contributed by atoms with Crippen LogP contribution >= 0.6 is 0 Å². The first-order chi connectivity index (χ1) is 15.5. The van der Waals surface area contributed by atoms with Crippen molar-refractivity contribution in [1.82, 2.24) is 0 Å². The number of hydrogen-bond donors (Lipinski definition) is 4. The molecule has 0 saturated heterocycles. The van der Waals surface area contributed by atoms with Crippen molar-refractivity contribution in [3.8, 4) is 0 Å². The molecule has 33 heavy (non-hydrogen) atoms. The van der Waals surface area contributed by atoms with Gasteiger partial charge in [-0.25, -0.2) is 0 Å². The number of aliphatic hydroxyl groups excluding tert-OH is 3. The summed E-state index contributed by atoms with van der Waals surface area (Å²) >= 11 is 0. The van der Waals surface area contributed by atoms with Crippen LogP contribution in [-0.4, -0.2) is 44.7 Å². The van der Waals surface area contributed by atoms with Gasteiger partial charge in [-0.05, 0) is 85.2 Å². The Morgan fingerprint density at radius 3 is 2.55 bits per heavy atom. The van der Waals surface area contributed by atoms with Gasteiger partial charge in [0.15, 0.2) is 0 Å². The van der Waals surface area contributed by atoms with E-state index < -0.39 is 30.2 Å². The van der Waals surface area contributed by atoms with E-state index in [1.54, 1.807) is 0 Å². The second kappa shape index (κ2) is 10.5. The molecule has 4 N–H and O–H groups in total. The topological polar surface area (TPSA) is 98.0 Å². The highest BCUT2D eigenvalue weighted by molar-refractivity contribution is 5.70. The quantitative estimate of drug-likeness (QED) is 0.434. The molecule has 0 aromatic rings. The predicted octanol–water partition coefficient (Wildman–Crippen LogP) is 4.87. The summed E-state index contributed by atoms with van der Waals surface area (Å²) in [6, 6.07) is 0. The molecule has 0 aromatic heterocycles. The fraction of sp³-hybridized carbons (Fsp3) is 0.750. The minimum Gasteiger partial charge on any atom is -0.481 e. The number of aliphatic hydroxyl groups is 3. The second-order valence-electron chi connectivity index (χ2n) is 11.5. The van der Waals surface area contributed by atoms with Crippen LogP contribution in [0, 0.1) is 35.0 Å². The van der Waals surface area contributed by atoms with Crippen LogP contribution in [0.5, 0.6) is 0 Å². The molecule has 0 radical (unpaired) electrons. The van der Waals surface area contributed by atoms with Crippen molar-refractivity contribution in [3.05, 3.63) is 35.5 Å². The summed E-state index contributed by atoms with van der Waals surface area (Å²) in [5, 5.41) is 40.6. The van der Waals surface area contributed by atoms with Gasteiger partial charge in [0.05, 0.1) is 24.2 Å². The first-order valence-electron chi connectivity index (χ1n) is 12.8. The summed E-state index contributed by atoms with van der Waals surface area (Å²) in [4.78, 5) is 12.2. The van der Waals surface area contributed by atoms with Crippen LogP contribution in [0.2, 0.25) is 0 Å². The molecule has 186 valence electrons. The standard InChI is InChI=1S/C28H44O5/c1-16(2)25(30)15-22(27(32)33)18(4)23-10-11-24-19(7-6-12-28(23,24)5)8-9-20-13-21(29)14-26(31)17(20)3/h8-9,16,18,21-26,29-31H,3,6-7,10-15H2,1-2,4-5H3,(H,32,33)/b19-8?,20-9-/t18-,21-,22?,23-,24?,25?,26-,28-/m1/s1. The molecule has 0 aliphatic heterocycles. The lowest BCUT2D eigenvalue weighted by atomic mass is 9.59. The lowest BCUT2D eigenvalue weighted by molar-refractivity contribution is -0.146. The van der Waals surface area contributed by atoms with Crippen molar-refractivity contribution in [2.45, 2.75) is 97.4 Å². The number of rotatable bonds is 7. The summed E-state index contributed by atoms with van der Waals surface area (Å²) in [6.07, 6.45) is 8.93. The van der Waals surface area contributed by atoms with E-state index in [0.29, 0.717) is 36.7 Å². The minimum absolute atomic E-state index is 0.00650. The molecule has 3 aliphatic rings. The zero-order valence-electron chi connectivity index (χ0n) is 20.8. The van der Waals surface area contributed by atoms with Crippen LogP contribution in [0.15, 0.2) is 35.5 Å². The Hall–Kier alpha value is -1.43. The number of hydrogen-bond acceptors (Lipinski definition) is 4. The van der Waals surface area contributed by atoms with E-state index in [9.17, 15) is 25.2 Å². The number of aliphatic carboxylic acids is 1. The van der Waals surface area contributed by atoms with Crippen LogP contribution in [-0.2, 0) is 4.79 Å². The van der Waals surface area contributed by atoms with Gasteiger partial charge < -0.3 is 20.4 Å². The average molecular weight is 461 g/mol. The summed E-state index contributed by atoms with van der Waals surface area (Å²) in [5.41, 5.74) is 3.10. The molecule has 3 fully saturated rings. The van der Waals surface area contributed by atoms with E-state index >= 15 is 0 Å². The molecular weight excluding hydrogens is 416 g/mol. The highest BCUT2D eigenvalue weighted by Gasteiger charge is 2.52. The van der Waals surface area contributed by atoms with Gasteiger partial charge in [-0.15, -0.1) is 0 Å². The van der Waals surface area contributed by atoms with Gasteiger partial charge in [-0.3, -0.25) is 4.79 Å². The maximum Gasteiger partial charge on any atom is 0.306 e.